The summed E-state index contributed by atoms with van der Waals surface area (Å²) in [6.07, 6.45) is 1.49. The van der Waals surface area contributed by atoms with Crippen LogP contribution >= 0.6 is 0 Å². The van der Waals surface area contributed by atoms with Crippen LogP contribution in [0.3, 0.4) is 0 Å². The second-order valence-corrected chi connectivity index (χ2v) is 8.86. The Hall–Kier alpha value is -6.77. The predicted octanol–water partition coefficient (Wildman–Crippen LogP) is 4.68. The van der Waals surface area contributed by atoms with E-state index in [0.29, 0.717) is 22.6 Å². The van der Waals surface area contributed by atoms with Crippen LogP contribution in [-0.2, 0) is 0 Å². The van der Waals surface area contributed by atoms with Crippen molar-refractivity contribution in [2.75, 3.05) is 5.43 Å². The molecule has 5 rings (SSSR count). The summed E-state index contributed by atoms with van der Waals surface area (Å²) in [4.78, 5) is 52.6. The lowest BCUT2D eigenvalue weighted by atomic mass is 10.1. The van der Waals surface area contributed by atoms with E-state index in [1.54, 1.807) is 12.1 Å². The number of esters is 1. The number of nitrogens with zero attached hydrogens (tertiary/aromatic N) is 6. The van der Waals surface area contributed by atoms with Crippen LogP contribution in [0, 0.1) is 20.2 Å². The molecule has 5 aromatic rings. The van der Waals surface area contributed by atoms with E-state index in [0.717, 1.165) is 18.2 Å². The van der Waals surface area contributed by atoms with Crippen LogP contribution in [0.4, 0.5) is 28.7 Å². The minimum absolute atomic E-state index is 0.113. The molecule has 0 unspecified atom stereocenters. The number of H-pyrrole nitrogens is 2. The summed E-state index contributed by atoms with van der Waals surface area (Å²) in [6, 6.07) is 27.3. The Bertz CT molecular complexity index is 1890. The summed E-state index contributed by atoms with van der Waals surface area (Å²) < 4.78 is 5.24. The number of hydrazone groups is 1. The van der Waals surface area contributed by atoms with E-state index in [2.05, 4.69) is 35.5 Å². The van der Waals surface area contributed by atoms with E-state index >= 15 is 0 Å². The molecule has 1 heterocycles. The molecular formula is C29H21N9O6. The molecule has 0 saturated heterocycles. The lowest BCUT2D eigenvalue weighted by molar-refractivity contribution is -0.394. The van der Waals surface area contributed by atoms with Gasteiger partial charge in [0.25, 0.3) is 11.4 Å². The van der Waals surface area contributed by atoms with Gasteiger partial charge in [-0.3, -0.25) is 30.2 Å². The number of rotatable bonds is 9. The standard InChI is InChI=1S/C29H21N9O6/c39-26(20-15-23(37(40)41)17-24(16-20)38(42)43)44-25-13-11-19(12-14-25)18-30-36-29-34-27(31-21-7-3-1-4-8-21)33-28(35-29)32-22-9-5-2-6-10-22/h1-18H,(H3,31,32,33,34,35,36)/b30-18-. The van der Waals surface area contributed by atoms with Gasteiger partial charge in [0.2, 0.25) is 17.2 Å². The zero-order chi connectivity index (χ0) is 30.9. The predicted molar refractivity (Wildman–Crippen MR) is 159 cm³/mol. The molecule has 0 amide bonds. The number of non-ortho nitro benzene ring substituents is 2. The summed E-state index contributed by atoms with van der Waals surface area (Å²) in [5.74, 6) is -0.626. The molecule has 0 fully saturated rings. The van der Waals surface area contributed by atoms with Crippen LogP contribution in [0.15, 0.2) is 118 Å². The maximum atomic E-state index is 12.5. The minimum atomic E-state index is -0.990. The van der Waals surface area contributed by atoms with E-state index in [1.807, 2.05) is 60.7 Å². The van der Waals surface area contributed by atoms with E-state index in [4.69, 9.17) is 4.74 Å². The van der Waals surface area contributed by atoms with Gasteiger partial charge in [0, 0.05) is 12.1 Å². The van der Waals surface area contributed by atoms with E-state index in [-0.39, 0.29) is 22.9 Å². The van der Waals surface area contributed by atoms with Gasteiger partial charge in [-0.2, -0.15) is 10.1 Å². The first-order valence-electron chi connectivity index (χ1n) is 12.8. The number of aromatic nitrogens is 3. The second-order valence-electron chi connectivity index (χ2n) is 8.86. The first-order valence-corrected chi connectivity index (χ1v) is 12.8. The number of anilines is 1. The molecule has 3 N–H and O–H groups in total. The van der Waals surface area contributed by atoms with Gasteiger partial charge in [0.1, 0.15) is 5.75 Å². The van der Waals surface area contributed by atoms with Crippen molar-refractivity contribution in [1.82, 2.24) is 15.0 Å². The topological polar surface area (TPSA) is 206 Å². The third kappa shape index (κ3) is 7.70. The third-order valence-corrected chi connectivity index (χ3v) is 5.71. The van der Waals surface area contributed by atoms with Crippen molar-refractivity contribution in [3.05, 3.63) is 146 Å². The summed E-state index contributed by atoms with van der Waals surface area (Å²) in [5.41, 5.74) is 3.94. The average Bonchev–Trinajstić information content (AvgIpc) is 3.02. The number of hydrogen-bond donors (Lipinski definition) is 3. The summed E-state index contributed by atoms with van der Waals surface area (Å²) in [7, 11) is 0. The zero-order valence-corrected chi connectivity index (χ0v) is 22.5. The smallest absolute Gasteiger partial charge is 0.344 e. The molecule has 0 radical (unpaired) electrons. The van der Waals surface area contributed by atoms with E-state index in [9.17, 15) is 25.0 Å². The SMILES string of the molecule is O=C(Oc1ccc(/C=N\Nc2nc(=Nc3ccccc3)[nH]c(=Nc3ccccc3)[nH]2)cc1)c1cc([N+](=O)[O-])cc([N+](=O)[O-])c1. The molecule has 15 heteroatoms. The van der Waals surface area contributed by atoms with Crippen LogP contribution < -0.4 is 21.4 Å². The number of benzene rings is 4. The Morgan fingerprint density at radius 3 is 1.98 bits per heavy atom. The highest BCUT2D eigenvalue weighted by molar-refractivity contribution is 5.92. The molecule has 1 aromatic heterocycles. The lowest BCUT2D eigenvalue weighted by Crippen LogP contribution is -2.28. The Kier molecular flexibility index (Phi) is 8.66. The number of nitro benzene ring substituents is 2. The highest BCUT2D eigenvalue weighted by atomic mass is 16.6. The van der Waals surface area contributed by atoms with Crippen LogP contribution in [0.2, 0.25) is 0 Å². The third-order valence-electron chi connectivity index (χ3n) is 5.71. The van der Waals surface area contributed by atoms with Crippen LogP contribution in [-0.4, -0.2) is 37.0 Å². The van der Waals surface area contributed by atoms with Gasteiger partial charge in [-0.25, -0.2) is 20.2 Å². The minimum Gasteiger partial charge on any atom is -0.423 e. The second kappa shape index (κ2) is 13.3. The van der Waals surface area contributed by atoms with Gasteiger partial charge in [-0.1, -0.05) is 36.4 Å². The van der Waals surface area contributed by atoms with Crippen LogP contribution in [0.1, 0.15) is 15.9 Å². The normalized spacial score (nSPS) is 11.8. The van der Waals surface area contributed by atoms with Crippen molar-refractivity contribution in [2.24, 2.45) is 15.1 Å². The van der Waals surface area contributed by atoms with Crippen molar-refractivity contribution in [3.63, 3.8) is 0 Å². The first kappa shape index (κ1) is 28.7. The Labute approximate surface area is 247 Å². The Balaban J connectivity index is 1.32. The maximum absolute atomic E-state index is 12.5. The van der Waals surface area contributed by atoms with Gasteiger partial charge >= 0.3 is 5.97 Å². The molecular weight excluding hydrogens is 570 g/mol. The molecule has 0 saturated carbocycles. The number of para-hydroxylation sites is 2. The van der Waals surface area contributed by atoms with Crippen molar-refractivity contribution in [2.45, 2.75) is 0 Å². The van der Waals surface area contributed by atoms with E-state index < -0.39 is 27.2 Å². The maximum Gasteiger partial charge on any atom is 0.344 e. The number of aromatic amines is 2. The number of carbonyl (C=O) groups excluding carboxylic acids is 1. The summed E-state index contributed by atoms with van der Waals surface area (Å²) in [5, 5.41) is 26.4. The fraction of sp³-hybridized carbons (Fsp3) is 0. The zero-order valence-electron chi connectivity index (χ0n) is 22.5. The number of ether oxygens (including phenoxy) is 1. The van der Waals surface area contributed by atoms with Crippen molar-refractivity contribution in [3.8, 4) is 5.75 Å². The molecule has 0 aliphatic heterocycles. The van der Waals surface area contributed by atoms with Gasteiger partial charge in [-0.05, 0) is 54.1 Å². The first-order chi connectivity index (χ1) is 21.3. The van der Waals surface area contributed by atoms with E-state index in [1.165, 1.54) is 18.3 Å². The molecule has 15 nitrogen and oxygen atoms in total. The van der Waals surface area contributed by atoms with Crippen LogP contribution in [0.5, 0.6) is 5.75 Å². The van der Waals surface area contributed by atoms with Gasteiger partial charge in [0.15, 0.2) is 0 Å². The fourth-order valence-corrected chi connectivity index (χ4v) is 3.71. The molecule has 44 heavy (non-hydrogen) atoms. The monoisotopic (exact) mass is 591 g/mol. The Morgan fingerprint density at radius 1 is 0.795 bits per heavy atom. The molecule has 218 valence electrons. The Morgan fingerprint density at radius 2 is 1.39 bits per heavy atom. The highest BCUT2D eigenvalue weighted by Gasteiger charge is 2.21. The van der Waals surface area contributed by atoms with Crippen LogP contribution in [0.25, 0.3) is 0 Å². The molecule has 0 aliphatic carbocycles. The quantitative estimate of drug-likeness (QED) is 0.0719. The average molecular weight is 592 g/mol. The van der Waals surface area contributed by atoms with Gasteiger partial charge in [-0.15, -0.1) is 0 Å². The number of nitro groups is 2. The largest absolute Gasteiger partial charge is 0.423 e. The summed E-state index contributed by atoms with van der Waals surface area (Å²) >= 11 is 0. The van der Waals surface area contributed by atoms with Crippen molar-refractivity contribution >= 4 is 40.9 Å². The van der Waals surface area contributed by atoms with Gasteiger partial charge in [0.05, 0.1) is 39.1 Å². The molecule has 0 spiro atoms. The molecule has 0 atom stereocenters. The van der Waals surface area contributed by atoms with Gasteiger partial charge < -0.3 is 4.74 Å². The lowest BCUT2D eigenvalue weighted by Gasteiger charge is -2.05. The molecule has 0 aliphatic rings. The highest BCUT2D eigenvalue weighted by Crippen LogP contribution is 2.24. The van der Waals surface area contributed by atoms with Crippen molar-refractivity contribution in [1.29, 1.82) is 0 Å². The number of hydrogen-bond acceptors (Lipinski definition) is 11. The molecule has 0 bridgehead atoms. The number of nitrogens with one attached hydrogen (secondary N) is 3. The molecule has 4 aromatic carbocycles. The summed E-state index contributed by atoms with van der Waals surface area (Å²) in [6.45, 7) is 0. The fourth-order valence-electron chi connectivity index (χ4n) is 3.71. The van der Waals surface area contributed by atoms with Crippen molar-refractivity contribution < 1.29 is 19.4 Å². The number of carbonyl (C=O) groups is 1.